The van der Waals surface area contributed by atoms with E-state index in [1.54, 1.807) is 12.1 Å². The van der Waals surface area contributed by atoms with Crippen molar-refractivity contribution in [3.63, 3.8) is 0 Å². The van der Waals surface area contributed by atoms with Crippen LogP contribution in [0.2, 0.25) is 10.3 Å². The van der Waals surface area contributed by atoms with E-state index >= 15 is 0 Å². The topological polar surface area (TPSA) is 66.5 Å². The maximum absolute atomic E-state index is 6.02. The lowest BCUT2D eigenvalue weighted by molar-refractivity contribution is 0.815. The average molecular weight is 322 g/mol. The minimum atomic E-state index is 0.176. The first kappa shape index (κ1) is 14.1. The van der Waals surface area contributed by atoms with Gasteiger partial charge in [-0.3, -0.25) is 5.10 Å². The number of halogens is 2. The first-order valence-corrected chi connectivity index (χ1v) is 7.24. The molecule has 108 valence electrons. The number of rotatable bonds is 3. The Morgan fingerprint density at radius 2 is 1.95 bits per heavy atom. The molecule has 2 heterocycles. The molecule has 0 bridgehead atoms. The van der Waals surface area contributed by atoms with Gasteiger partial charge in [0.1, 0.15) is 5.52 Å². The lowest BCUT2D eigenvalue weighted by Crippen LogP contribution is -1.97. The fourth-order valence-electron chi connectivity index (χ4n) is 2.08. The van der Waals surface area contributed by atoms with E-state index in [4.69, 9.17) is 23.2 Å². The Morgan fingerprint density at radius 3 is 2.67 bits per heavy atom. The van der Waals surface area contributed by atoms with E-state index in [0.717, 1.165) is 16.9 Å². The van der Waals surface area contributed by atoms with Gasteiger partial charge in [0.25, 0.3) is 0 Å². The van der Waals surface area contributed by atoms with Crippen LogP contribution in [0, 0.1) is 0 Å². The summed E-state index contributed by atoms with van der Waals surface area (Å²) in [5.74, 6) is 0.815. The van der Waals surface area contributed by atoms with Crippen molar-refractivity contribution in [3.8, 4) is 0 Å². The molecule has 7 heteroatoms. The third-order valence-corrected chi connectivity index (χ3v) is 3.47. The number of H-pyrrole nitrogens is 1. The molecule has 0 saturated heterocycles. The van der Waals surface area contributed by atoms with Gasteiger partial charge < -0.3 is 5.32 Å². The minimum Gasteiger partial charge on any atom is -0.338 e. The second kappa shape index (κ2) is 5.50. The number of fused-ring (bicyclic) bond motifs is 1. The maximum Gasteiger partial charge on any atom is 0.225 e. The smallest absolute Gasteiger partial charge is 0.225 e. The van der Waals surface area contributed by atoms with Gasteiger partial charge in [0, 0.05) is 10.7 Å². The highest BCUT2D eigenvalue weighted by Crippen LogP contribution is 2.29. The van der Waals surface area contributed by atoms with Crippen LogP contribution in [0.5, 0.6) is 0 Å². The fraction of sp³-hybridized carbons (Fsp3) is 0.214. The molecule has 1 aromatic carbocycles. The molecular weight excluding hydrogens is 309 g/mol. The summed E-state index contributed by atoms with van der Waals surface area (Å²) in [7, 11) is 0. The number of benzene rings is 1. The number of nitrogens with one attached hydrogen (secondary N) is 2. The first-order chi connectivity index (χ1) is 10.0. The van der Waals surface area contributed by atoms with Gasteiger partial charge >= 0.3 is 0 Å². The van der Waals surface area contributed by atoms with Crippen LogP contribution in [0.4, 0.5) is 11.5 Å². The summed E-state index contributed by atoms with van der Waals surface area (Å²) < 4.78 is 0. The quantitative estimate of drug-likeness (QED) is 0.695. The van der Waals surface area contributed by atoms with Crippen LogP contribution in [0.3, 0.4) is 0 Å². The molecule has 0 radical (unpaired) electrons. The maximum atomic E-state index is 6.02. The van der Waals surface area contributed by atoms with Crippen LogP contribution >= 0.6 is 23.2 Å². The number of aromatic nitrogens is 4. The van der Waals surface area contributed by atoms with Crippen LogP contribution < -0.4 is 5.32 Å². The van der Waals surface area contributed by atoms with Crippen LogP contribution in [0.25, 0.3) is 11.0 Å². The highest BCUT2D eigenvalue weighted by atomic mass is 35.5. The van der Waals surface area contributed by atoms with Crippen molar-refractivity contribution in [2.75, 3.05) is 5.32 Å². The molecule has 0 unspecified atom stereocenters. The number of anilines is 2. The molecule has 3 rings (SSSR count). The zero-order valence-electron chi connectivity index (χ0n) is 11.5. The van der Waals surface area contributed by atoms with Crippen molar-refractivity contribution in [2.45, 2.75) is 19.8 Å². The zero-order valence-corrected chi connectivity index (χ0v) is 13.0. The van der Waals surface area contributed by atoms with Crippen molar-refractivity contribution < 1.29 is 0 Å². The van der Waals surface area contributed by atoms with Crippen molar-refractivity contribution in [2.24, 2.45) is 0 Å². The fourth-order valence-corrected chi connectivity index (χ4v) is 2.44. The van der Waals surface area contributed by atoms with Gasteiger partial charge in [-0.25, -0.2) is 4.98 Å². The van der Waals surface area contributed by atoms with Crippen molar-refractivity contribution in [3.05, 3.63) is 40.3 Å². The Hall–Kier alpha value is -1.85. The van der Waals surface area contributed by atoms with Gasteiger partial charge in [0.2, 0.25) is 5.28 Å². The lowest BCUT2D eigenvalue weighted by atomic mass is 10.1. The van der Waals surface area contributed by atoms with Crippen LogP contribution in [0.1, 0.15) is 25.5 Å². The predicted octanol–water partition coefficient (Wildman–Crippen LogP) is 4.53. The Bertz CT molecular complexity index is 797. The largest absolute Gasteiger partial charge is 0.338 e. The number of nitrogens with zero attached hydrogens (tertiary/aromatic N) is 3. The molecular formula is C14H13Cl2N5. The Balaban J connectivity index is 2.10. The molecule has 0 amide bonds. The van der Waals surface area contributed by atoms with E-state index < -0.39 is 0 Å². The molecule has 5 nitrogen and oxygen atoms in total. The molecule has 21 heavy (non-hydrogen) atoms. The summed E-state index contributed by atoms with van der Waals surface area (Å²) >= 11 is 12.0. The van der Waals surface area contributed by atoms with E-state index in [0.29, 0.717) is 16.4 Å². The third-order valence-electron chi connectivity index (χ3n) is 3.06. The third kappa shape index (κ3) is 2.80. The van der Waals surface area contributed by atoms with Gasteiger partial charge in [-0.15, -0.1) is 0 Å². The lowest BCUT2D eigenvalue weighted by Gasteiger charge is -2.07. The van der Waals surface area contributed by atoms with Gasteiger partial charge in [-0.2, -0.15) is 10.1 Å². The summed E-state index contributed by atoms with van der Waals surface area (Å²) in [6.07, 6.45) is 0. The van der Waals surface area contributed by atoms with Crippen LogP contribution in [-0.4, -0.2) is 20.2 Å². The van der Waals surface area contributed by atoms with Gasteiger partial charge in [-0.1, -0.05) is 31.5 Å². The monoisotopic (exact) mass is 321 g/mol. The van der Waals surface area contributed by atoms with E-state index in [1.165, 1.54) is 0 Å². The minimum absolute atomic E-state index is 0.176. The molecule has 0 aliphatic heterocycles. The van der Waals surface area contributed by atoms with Crippen molar-refractivity contribution >= 4 is 45.7 Å². The van der Waals surface area contributed by atoms with Crippen molar-refractivity contribution in [1.29, 1.82) is 0 Å². The van der Waals surface area contributed by atoms with E-state index in [2.05, 4.69) is 39.3 Å². The number of aromatic amines is 1. The molecule has 2 N–H and O–H groups in total. The summed E-state index contributed by atoms with van der Waals surface area (Å²) in [5, 5.41) is 11.3. The predicted molar refractivity (Wildman–Crippen MR) is 85.5 cm³/mol. The summed E-state index contributed by atoms with van der Waals surface area (Å²) in [6.45, 7) is 4.13. The molecule has 0 fully saturated rings. The molecule has 0 atom stereocenters. The first-order valence-electron chi connectivity index (χ1n) is 6.48. The van der Waals surface area contributed by atoms with Gasteiger partial charge in [-0.05, 0) is 35.7 Å². The highest BCUT2D eigenvalue weighted by Gasteiger charge is 2.16. The van der Waals surface area contributed by atoms with Gasteiger partial charge in [0.05, 0.1) is 5.69 Å². The summed E-state index contributed by atoms with van der Waals surface area (Å²) in [6, 6.07) is 7.36. The Morgan fingerprint density at radius 1 is 1.14 bits per heavy atom. The van der Waals surface area contributed by atoms with Crippen LogP contribution in [0.15, 0.2) is 24.3 Å². The Kier molecular flexibility index (Phi) is 3.69. The number of hydrogen-bond donors (Lipinski definition) is 2. The molecule has 0 spiro atoms. The average Bonchev–Trinajstić information content (AvgIpc) is 2.82. The van der Waals surface area contributed by atoms with E-state index in [9.17, 15) is 0 Å². The number of hydrogen-bond acceptors (Lipinski definition) is 4. The Labute approximate surface area is 131 Å². The molecule has 2 aromatic heterocycles. The molecule has 0 saturated carbocycles. The molecule has 0 aliphatic carbocycles. The van der Waals surface area contributed by atoms with Gasteiger partial charge in [0.15, 0.2) is 11.3 Å². The highest BCUT2D eigenvalue weighted by molar-refractivity contribution is 6.31. The summed E-state index contributed by atoms with van der Waals surface area (Å²) in [5.41, 5.74) is 3.13. The molecule has 0 aliphatic rings. The standard InChI is InChI=1S/C14H13Cl2N5/c1-7(2)10-11-12(21-20-10)13(19-14(16)18-11)17-9-5-3-4-8(15)6-9/h3-7H,1-2H3,(H,20,21)(H,17,18,19). The zero-order chi connectivity index (χ0) is 15.0. The SMILES string of the molecule is CC(C)c1[nH]nc2c(Nc3cccc(Cl)c3)nc(Cl)nc12. The van der Waals surface area contributed by atoms with Crippen molar-refractivity contribution in [1.82, 2.24) is 20.2 Å². The van der Waals surface area contributed by atoms with E-state index in [1.807, 2.05) is 12.1 Å². The van der Waals surface area contributed by atoms with E-state index in [-0.39, 0.29) is 11.2 Å². The summed E-state index contributed by atoms with van der Waals surface area (Å²) in [4.78, 5) is 8.49. The second-order valence-corrected chi connectivity index (χ2v) is 5.74. The second-order valence-electron chi connectivity index (χ2n) is 4.97. The van der Waals surface area contributed by atoms with Crippen LogP contribution in [-0.2, 0) is 0 Å². The normalized spacial score (nSPS) is 11.3. The molecule has 3 aromatic rings.